The fourth-order valence-electron chi connectivity index (χ4n) is 6.45. The van der Waals surface area contributed by atoms with Crippen LogP contribution in [-0.4, -0.2) is 16.2 Å². The predicted molar refractivity (Wildman–Crippen MR) is 105 cm³/mol. The van der Waals surface area contributed by atoms with Crippen molar-refractivity contribution >= 4 is 11.7 Å². The van der Waals surface area contributed by atoms with E-state index in [1.54, 1.807) is 12.1 Å². The number of ether oxygens (including phenoxy) is 1. The number of benzene rings is 2. The molecule has 5 nitrogen and oxygen atoms in total. The number of hydrogen-bond donors (Lipinski definition) is 3. The Morgan fingerprint density at radius 2 is 1.64 bits per heavy atom. The van der Waals surface area contributed by atoms with Gasteiger partial charge >= 0.3 is 5.97 Å². The number of carboxylic acid groups (broad SMARTS) is 1. The van der Waals surface area contributed by atoms with Crippen LogP contribution >= 0.6 is 0 Å². The predicted octanol–water partition coefficient (Wildman–Crippen LogP) is 4.69. The minimum atomic E-state index is -0.603. The lowest BCUT2D eigenvalue weighted by Gasteiger charge is -2.60. The smallest absolute Gasteiger partial charge is 0.309 e. The van der Waals surface area contributed by atoms with Gasteiger partial charge in [-0.3, -0.25) is 4.79 Å². The Bertz CT molecular complexity index is 922. The first-order valence-corrected chi connectivity index (χ1v) is 9.98. The molecule has 0 aliphatic heterocycles. The Kier molecular flexibility index (Phi) is 3.67. The summed E-state index contributed by atoms with van der Waals surface area (Å²) >= 11 is 0. The van der Waals surface area contributed by atoms with Crippen molar-refractivity contribution in [2.45, 2.75) is 43.9 Å². The minimum Gasteiger partial charge on any atom is -0.506 e. The molecule has 146 valence electrons. The van der Waals surface area contributed by atoms with Crippen molar-refractivity contribution in [3.05, 3.63) is 48.0 Å². The van der Waals surface area contributed by atoms with Crippen molar-refractivity contribution in [1.82, 2.24) is 0 Å². The van der Waals surface area contributed by atoms with Gasteiger partial charge in [0.15, 0.2) is 0 Å². The summed E-state index contributed by atoms with van der Waals surface area (Å²) in [7, 11) is 0. The molecule has 4 aliphatic rings. The minimum absolute atomic E-state index is 0.00153. The van der Waals surface area contributed by atoms with Gasteiger partial charge in [0.1, 0.15) is 17.2 Å². The summed E-state index contributed by atoms with van der Waals surface area (Å²) in [6.45, 7) is 0. The summed E-state index contributed by atoms with van der Waals surface area (Å²) < 4.78 is 5.84. The molecular formula is C23H25NO4. The molecule has 4 bridgehead atoms. The zero-order valence-electron chi connectivity index (χ0n) is 15.7. The van der Waals surface area contributed by atoms with Crippen LogP contribution in [0.3, 0.4) is 0 Å². The van der Waals surface area contributed by atoms with Crippen LogP contribution in [0.5, 0.6) is 17.2 Å². The number of anilines is 1. The molecular weight excluding hydrogens is 354 g/mol. The number of nitrogen functional groups attached to an aromatic ring is 1. The molecule has 4 fully saturated rings. The van der Waals surface area contributed by atoms with Crippen LogP contribution in [0.15, 0.2) is 42.5 Å². The molecule has 5 heteroatoms. The van der Waals surface area contributed by atoms with Crippen LogP contribution < -0.4 is 10.5 Å². The van der Waals surface area contributed by atoms with Crippen LogP contribution in [0.4, 0.5) is 5.69 Å². The molecule has 0 heterocycles. The van der Waals surface area contributed by atoms with Crippen molar-refractivity contribution in [2.75, 3.05) is 5.73 Å². The lowest BCUT2D eigenvalue weighted by molar-refractivity contribution is -0.167. The highest BCUT2D eigenvalue weighted by molar-refractivity contribution is 5.76. The molecule has 2 unspecified atom stereocenters. The van der Waals surface area contributed by atoms with Gasteiger partial charge in [0.2, 0.25) is 0 Å². The first kappa shape index (κ1) is 17.4. The van der Waals surface area contributed by atoms with Crippen LogP contribution in [0, 0.1) is 17.3 Å². The number of aromatic hydroxyl groups is 1. The number of nitrogens with two attached hydrogens (primary N) is 1. The maximum Gasteiger partial charge on any atom is 0.309 e. The van der Waals surface area contributed by atoms with Gasteiger partial charge in [-0.1, -0.05) is 12.1 Å². The third-order valence-electron chi connectivity index (χ3n) is 7.22. The second kappa shape index (κ2) is 5.90. The van der Waals surface area contributed by atoms with Gasteiger partial charge in [-0.15, -0.1) is 0 Å². The average molecular weight is 379 g/mol. The fourth-order valence-corrected chi connectivity index (χ4v) is 6.45. The van der Waals surface area contributed by atoms with Gasteiger partial charge in [-0.2, -0.15) is 0 Å². The van der Waals surface area contributed by atoms with E-state index >= 15 is 0 Å². The lowest BCUT2D eigenvalue weighted by atomic mass is 9.43. The van der Waals surface area contributed by atoms with E-state index in [1.807, 2.05) is 12.1 Å². The molecule has 28 heavy (non-hydrogen) atoms. The highest BCUT2D eigenvalue weighted by Gasteiger charge is 2.61. The number of aliphatic carboxylic acids is 1. The van der Waals surface area contributed by atoms with Crippen molar-refractivity contribution < 1.29 is 19.7 Å². The molecule has 2 aromatic rings. The molecule has 0 amide bonds. The van der Waals surface area contributed by atoms with E-state index in [4.69, 9.17) is 10.5 Å². The highest BCUT2D eigenvalue weighted by atomic mass is 16.5. The normalized spacial score (nSPS) is 33.0. The molecule has 2 atom stereocenters. The van der Waals surface area contributed by atoms with E-state index in [-0.39, 0.29) is 11.2 Å². The van der Waals surface area contributed by atoms with Crippen molar-refractivity contribution in [3.8, 4) is 17.2 Å². The molecule has 0 aromatic heterocycles. The van der Waals surface area contributed by atoms with Gasteiger partial charge in [0.05, 0.1) is 11.1 Å². The summed E-state index contributed by atoms with van der Waals surface area (Å²) in [4.78, 5) is 12.1. The van der Waals surface area contributed by atoms with E-state index in [9.17, 15) is 15.0 Å². The summed E-state index contributed by atoms with van der Waals surface area (Å²) in [6, 6.07) is 12.9. The largest absolute Gasteiger partial charge is 0.506 e. The Morgan fingerprint density at radius 1 is 1.00 bits per heavy atom. The van der Waals surface area contributed by atoms with Gasteiger partial charge in [0, 0.05) is 6.07 Å². The Labute approximate surface area is 164 Å². The van der Waals surface area contributed by atoms with Crippen molar-refractivity contribution in [2.24, 2.45) is 17.3 Å². The number of carboxylic acids is 1. The molecule has 4 saturated carbocycles. The van der Waals surface area contributed by atoms with Crippen LogP contribution in [0.2, 0.25) is 0 Å². The third kappa shape index (κ3) is 2.64. The van der Waals surface area contributed by atoms with Crippen molar-refractivity contribution in [1.29, 1.82) is 0 Å². The zero-order chi connectivity index (χ0) is 19.5. The zero-order valence-corrected chi connectivity index (χ0v) is 15.7. The molecule has 6 rings (SSSR count). The summed E-state index contributed by atoms with van der Waals surface area (Å²) in [5, 5.41) is 19.7. The molecule has 2 aromatic carbocycles. The number of carbonyl (C=O) groups is 1. The maximum absolute atomic E-state index is 12.1. The van der Waals surface area contributed by atoms with E-state index in [0.29, 0.717) is 29.0 Å². The van der Waals surface area contributed by atoms with E-state index in [0.717, 1.165) is 32.1 Å². The Balaban J connectivity index is 1.41. The summed E-state index contributed by atoms with van der Waals surface area (Å²) in [5.74, 6) is 1.68. The lowest BCUT2D eigenvalue weighted by Crippen LogP contribution is -2.56. The van der Waals surface area contributed by atoms with Gasteiger partial charge < -0.3 is 20.7 Å². The number of hydrogen-bond acceptors (Lipinski definition) is 4. The first-order valence-electron chi connectivity index (χ1n) is 9.98. The highest BCUT2D eigenvalue weighted by Crippen LogP contribution is 2.65. The Hall–Kier alpha value is -2.69. The number of phenols is 1. The molecule has 0 radical (unpaired) electrons. The molecule has 4 N–H and O–H groups in total. The monoisotopic (exact) mass is 379 g/mol. The van der Waals surface area contributed by atoms with E-state index < -0.39 is 11.4 Å². The average Bonchev–Trinajstić information content (AvgIpc) is 2.64. The quantitative estimate of drug-likeness (QED) is 0.529. The topological polar surface area (TPSA) is 92.8 Å². The Morgan fingerprint density at radius 3 is 2.25 bits per heavy atom. The molecule has 4 aliphatic carbocycles. The van der Waals surface area contributed by atoms with Crippen LogP contribution in [0.1, 0.15) is 44.1 Å². The number of phenolic OH excluding ortho intramolecular Hbond substituents is 1. The fraction of sp³-hybridized carbons (Fsp3) is 0.435. The second-order valence-electron chi connectivity index (χ2n) is 9.17. The summed E-state index contributed by atoms with van der Waals surface area (Å²) in [5.41, 5.74) is 6.64. The summed E-state index contributed by atoms with van der Waals surface area (Å²) in [6.07, 6.45) is 5.85. The van der Waals surface area contributed by atoms with E-state index in [1.165, 1.54) is 18.1 Å². The standard InChI is InChI=1S/C23H25NO4/c24-19-6-5-18(8-20(19)25)28-17-3-1-16(2-4-17)22-9-14-7-15(10-22)12-23(11-14,13-22)21(26)27/h1-6,8,14-15,25H,7,9-13,24H2,(H,26,27). The SMILES string of the molecule is Nc1ccc(Oc2ccc(C34CC5CC(CC(C(=O)O)(C5)C3)C4)cc2)cc1O. The second-order valence-corrected chi connectivity index (χ2v) is 9.17. The van der Waals surface area contributed by atoms with Gasteiger partial charge in [-0.05, 0) is 85.6 Å². The first-order chi connectivity index (χ1) is 13.4. The molecule has 0 spiro atoms. The van der Waals surface area contributed by atoms with Crippen LogP contribution in [-0.2, 0) is 10.2 Å². The van der Waals surface area contributed by atoms with Crippen molar-refractivity contribution in [3.63, 3.8) is 0 Å². The maximum atomic E-state index is 12.1. The molecule has 0 saturated heterocycles. The van der Waals surface area contributed by atoms with Crippen LogP contribution in [0.25, 0.3) is 0 Å². The van der Waals surface area contributed by atoms with Gasteiger partial charge in [-0.25, -0.2) is 0 Å². The van der Waals surface area contributed by atoms with Gasteiger partial charge in [0.25, 0.3) is 0 Å². The number of rotatable bonds is 4. The van der Waals surface area contributed by atoms with E-state index in [2.05, 4.69) is 12.1 Å². The third-order valence-corrected chi connectivity index (χ3v) is 7.22.